The van der Waals surface area contributed by atoms with Crippen LogP contribution in [0.25, 0.3) is 5.76 Å². The van der Waals surface area contributed by atoms with Gasteiger partial charge in [-0.1, -0.05) is 42.5 Å². The van der Waals surface area contributed by atoms with Crippen LogP contribution in [-0.2, 0) is 20.9 Å². The fourth-order valence-corrected chi connectivity index (χ4v) is 4.47. The molecule has 0 aromatic heterocycles. The molecule has 3 aromatic rings. The van der Waals surface area contributed by atoms with Gasteiger partial charge in [-0.25, -0.2) is 0 Å². The molecule has 192 valence electrons. The molecule has 7 heteroatoms. The highest BCUT2D eigenvalue weighted by molar-refractivity contribution is 6.46. The van der Waals surface area contributed by atoms with Crippen molar-refractivity contribution in [2.45, 2.75) is 26.0 Å². The summed E-state index contributed by atoms with van der Waals surface area (Å²) in [6, 6.07) is 21.5. The number of benzene rings is 3. The van der Waals surface area contributed by atoms with Gasteiger partial charge in [-0.2, -0.15) is 0 Å². The van der Waals surface area contributed by atoms with Crippen molar-refractivity contribution in [2.75, 3.05) is 27.4 Å². The van der Waals surface area contributed by atoms with Crippen LogP contribution in [0.15, 0.2) is 78.4 Å². The molecule has 0 radical (unpaired) electrons. The third-order valence-electron chi connectivity index (χ3n) is 6.40. The SMILES string of the molecule is COCCCN1C(=O)C(=O)/C(=C(\O)c2ccc(OCc3ccccc3)c(C)c2)C1c1ccc(OC)cc1. The van der Waals surface area contributed by atoms with Crippen LogP contribution in [-0.4, -0.2) is 49.1 Å². The van der Waals surface area contributed by atoms with Crippen molar-refractivity contribution in [2.24, 2.45) is 0 Å². The monoisotopic (exact) mass is 501 g/mol. The number of carbonyl (C=O) groups excluding carboxylic acids is 2. The molecular weight excluding hydrogens is 470 g/mol. The summed E-state index contributed by atoms with van der Waals surface area (Å²) in [4.78, 5) is 27.7. The highest BCUT2D eigenvalue weighted by atomic mass is 16.5. The van der Waals surface area contributed by atoms with Gasteiger partial charge in [0.2, 0.25) is 0 Å². The largest absolute Gasteiger partial charge is 0.507 e. The maximum atomic E-state index is 13.2. The van der Waals surface area contributed by atoms with Gasteiger partial charge >= 0.3 is 0 Å². The average molecular weight is 502 g/mol. The number of likely N-dealkylation sites (tertiary alicyclic amines) is 1. The molecule has 1 heterocycles. The fraction of sp³-hybridized carbons (Fsp3) is 0.267. The van der Waals surface area contributed by atoms with E-state index >= 15 is 0 Å². The van der Waals surface area contributed by atoms with E-state index in [-0.39, 0.29) is 11.3 Å². The summed E-state index contributed by atoms with van der Waals surface area (Å²) in [5, 5.41) is 11.3. The summed E-state index contributed by atoms with van der Waals surface area (Å²) in [5.74, 6) is -0.240. The Morgan fingerprint density at radius 3 is 2.35 bits per heavy atom. The number of rotatable bonds is 10. The number of aliphatic hydroxyl groups is 1. The van der Waals surface area contributed by atoms with Gasteiger partial charge in [0, 0.05) is 25.8 Å². The number of carbonyl (C=O) groups is 2. The predicted octanol–water partition coefficient (Wildman–Crippen LogP) is 5.04. The molecule has 7 nitrogen and oxygen atoms in total. The first-order chi connectivity index (χ1) is 17.9. The predicted molar refractivity (Wildman–Crippen MR) is 140 cm³/mol. The molecule has 37 heavy (non-hydrogen) atoms. The third kappa shape index (κ3) is 5.67. The lowest BCUT2D eigenvalue weighted by molar-refractivity contribution is -0.140. The number of ketones is 1. The third-order valence-corrected chi connectivity index (χ3v) is 6.40. The van der Waals surface area contributed by atoms with Gasteiger partial charge in [0.05, 0.1) is 18.7 Å². The van der Waals surface area contributed by atoms with E-state index in [0.717, 1.165) is 11.1 Å². The molecule has 1 fully saturated rings. The second kappa shape index (κ2) is 11.8. The number of Topliss-reactive ketones (excluding diaryl/α,β-unsaturated/α-hetero) is 1. The van der Waals surface area contributed by atoms with E-state index in [0.29, 0.717) is 48.8 Å². The van der Waals surface area contributed by atoms with E-state index in [4.69, 9.17) is 14.2 Å². The second-order valence-electron chi connectivity index (χ2n) is 8.87. The lowest BCUT2D eigenvalue weighted by atomic mass is 9.94. The number of ether oxygens (including phenoxy) is 3. The quantitative estimate of drug-likeness (QED) is 0.181. The van der Waals surface area contributed by atoms with Gasteiger partial charge in [0.25, 0.3) is 11.7 Å². The van der Waals surface area contributed by atoms with E-state index in [1.165, 1.54) is 4.90 Å². The summed E-state index contributed by atoms with van der Waals surface area (Å²) >= 11 is 0. The standard InChI is InChI=1S/C30H31NO6/c1-20-18-23(12-15-25(20)37-19-21-8-5-4-6-9-21)28(32)26-27(22-10-13-24(36-3)14-11-22)31(16-7-17-35-2)30(34)29(26)33/h4-6,8-15,18,27,32H,7,16-17,19H2,1-3H3/b28-26-. The summed E-state index contributed by atoms with van der Waals surface area (Å²) in [7, 11) is 3.16. The molecule has 1 aliphatic rings. The van der Waals surface area contributed by atoms with Crippen LogP contribution < -0.4 is 9.47 Å². The van der Waals surface area contributed by atoms with Gasteiger partial charge in [-0.3, -0.25) is 9.59 Å². The van der Waals surface area contributed by atoms with E-state index in [1.54, 1.807) is 56.7 Å². The molecule has 4 rings (SSSR count). The van der Waals surface area contributed by atoms with Crippen LogP contribution in [0.3, 0.4) is 0 Å². The van der Waals surface area contributed by atoms with Crippen molar-refractivity contribution in [3.63, 3.8) is 0 Å². The molecule has 1 N–H and O–H groups in total. The van der Waals surface area contributed by atoms with Crippen molar-refractivity contribution < 1.29 is 28.9 Å². The second-order valence-corrected chi connectivity index (χ2v) is 8.87. The number of nitrogens with zero attached hydrogens (tertiary/aromatic N) is 1. The topological polar surface area (TPSA) is 85.3 Å². The summed E-state index contributed by atoms with van der Waals surface area (Å²) in [6.07, 6.45) is 0.558. The molecule has 1 unspecified atom stereocenters. The zero-order valence-electron chi connectivity index (χ0n) is 21.3. The van der Waals surface area contributed by atoms with E-state index in [1.807, 2.05) is 37.3 Å². The maximum Gasteiger partial charge on any atom is 0.295 e. The maximum absolute atomic E-state index is 13.2. The Kier molecular flexibility index (Phi) is 8.25. The number of hydrogen-bond donors (Lipinski definition) is 1. The molecule has 1 saturated heterocycles. The number of amides is 1. The van der Waals surface area contributed by atoms with Crippen LogP contribution in [0, 0.1) is 6.92 Å². The Bertz CT molecular complexity index is 1280. The summed E-state index contributed by atoms with van der Waals surface area (Å²) in [5.41, 5.74) is 3.05. The summed E-state index contributed by atoms with van der Waals surface area (Å²) < 4.78 is 16.4. The van der Waals surface area contributed by atoms with Crippen molar-refractivity contribution >= 4 is 17.4 Å². The van der Waals surface area contributed by atoms with Crippen molar-refractivity contribution in [1.82, 2.24) is 4.90 Å². The molecule has 0 aliphatic carbocycles. The smallest absolute Gasteiger partial charge is 0.295 e. The normalized spacial score (nSPS) is 16.7. The Hall–Kier alpha value is -4.10. The molecular formula is C30H31NO6. The molecule has 0 spiro atoms. The Labute approximate surface area is 216 Å². The van der Waals surface area contributed by atoms with Gasteiger partial charge in [-0.05, 0) is 60.4 Å². The van der Waals surface area contributed by atoms with Crippen molar-refractivity contribution in [3.05, 3.63) is 101 Å². The van der Waals surface area contributed by atoms with Crippen LogP contribution in [0.5, 0.6) is 11.5 Å². The van der Waals surface area contributed by atoms with Gasteiger partial charge in [-0.15, -0.1) is 0 Å². The van der Waals surface area contributed by atoms with Crippen LogP contribution in [0.1, 0.15) is 34.7 Å². The first-order valence-corrected chi connectivity index (χ1v) is 12.1. The van der Waals surface area contributed by atoms with E-state index < -0.39 is 17.7 Å². The lowest BCUT2D eigenvalue weighted by Gasteiger charge is -2.25. The Morgan fingerprint density at radius 1 is 0.973 bits per heavy atom. The first-order valence-electron chi connectivity index (χ1n) is 12.1. The van der Waals surface area contributed by atoms with Crippen LogP contribution in [0.2, 0.25) is 0 Å². The molecule has 1 amide bonds. The first kappa shape index (κ1) is 26.0. The molecule has 1 atom stereocenters. The van der Waals surface area contributed by atoms with Crippen molar-refractivity contribution in [1.29, 1.82) is 0 Å². The van der Waals surface area contributed by atoms with Gasteiger partial charge in [0.15, 0.2) is 0 Å². The van der Waals surface area contributed by atoms with E-state index in [9.17, 15) is 14.7 Å². The number of aryl methyl sites for hydroxylation is 1. The fourth-order valence-electron chi connectivity index (χ4n) is 4.47. The zero-order chi connectivity index (χ0) is 26.4. The molecule has 0 bridgehead atoms. The van der Waals surface area contributed by atoms with Gasteiger partial charge < -0.3 is 24.2 Å². The van der Waals surface area contributed by atoms with Crippen molar-refractivity contribution in [3.8, 4) is 11.5 Å². The number of aliphatic hydroxyl groups excluding tert-OH is 1. The Morgan fingerprint density at radius 2 is 1.70 bits per heavy atom. The average Bonchev–Trinajstić information content (AvgIpc) is 3.17. The minimum atomic E-state index is -0.725. The minimum Gasteiger partial charge on any atom is -0.507 e. The summed E-state index contributed by atoms with van der Waals surface area (Å²) in [6.45, 7) is 3.05. The molecule has 3 aromatic carbocycles. The lowest BCUT2D eigenvalue weighted by Crippen LogP contribution is -2.31. The number of methoxy groups -OCH3 is 2. The van der Waals surface area contributed by atoms with E-state index in [2.05, 4.69) is 0 Å². The van der Waals surface area contributed by atoms with Gasteiger partial charge in [0.1, 0.15) is 23.9 Å². The molecule has 1 aliphatic heterocycles. The molecule has 0 saturated carbocycles. The van der Waals surface area contributed by atoms with Crippen LogP contribution in [0.4, 0.5) is 0 Å². The zero-order valence-corrected chi connectivity index (χ0v) is 21.3. The Balaban J connectivity index is 1.68. The highest BCUT2D eigenvalue weighted by Crippen LogP contribution is 2.40. The minimum absolute atomic E-state index is 0.0601. The van der Waals surface area contributed by atoms with Crippen LogP contribution >= 0.6 is 0 Å². The number of hydrogen-bond acceptors (Lipinski definition) is 6. The highest BCUT2D eigenvalue weighted by Gasteiger charge is 2.45.